The van der Waals surface area contributed by atoms with Gasteiger partial charge in [0.25, 0.3) is 15.0 Å². The zero-order valence-electron chi connectivity index (χ0n) is 10.8. The number of amides is 1. The lowest BCUT2D eigenvalue weighted by Gasteiger charge is -2.18. The van der Waals surface area contributed by atoms with Crippen molar-refractivity contribution in [1.82, 2.24) is 9.88 Å². The summed E-state index contributed by atoms with van der Waals surface area (Å²) in [6, 6.07) is 1.26. The molecule has 0 saturated carbocycles. The van der Waals surface area contributed by atoms with Crippen molar-refractivity contribution in [3.05, 3.63) is 18.0 Å². The minimum absolute atomic E-state index is 0.0395. The topological polar surface area (TPSA) is 68.2 Å². The number of aromatic nitrogens is 1. The molecule has 0 aliphatic carbocycles. The quantitative estimate of drug-likeness (QED) is 0.863. The molecule has 1 aromatic heterocycles. The lowest BCUT2D eigenvalue weighted by Crippen LogP contribution is -2.33. The second kappa shape index (κ2) is 4.93. The molecule has 0 bridgehead atoms. The Hall–Kier alpha value is -1.01. The molecule has 0 aromatic carbocycles. The molecule has 1 rings (SSSR count). The van der Waals surface area contributed by atoms with E-state index < -0.39 is 9.05 Å². The van der Waals surface area contributed by atoms with Gasteiger partial charge in [0.2, 0.25) is 0 Å². The van der Waals surface area contributed by atoms with Crippen molar-refractivity contribution in [3.63, 3.8) is 0 Å². The maximum atomic E-state index is 11.9. The van der Waals surface area contributed by atoms with Crippen LogP contribution in [0.1, 0.15) is 31.3 Å². The van der Waals surface area contributed by atoms with Gasteiger partial charge in [-0.3, -0.25) is 4.79 Å². The van der Waals surface area contributed by atoms with E-state index in [2.05, 4.69) is 5.32 Å². The van der Waals surface area contributed by atoms with Crippen molar-refractivity contribution in [2.75, 3.05) is 6.54 Å². The summed E-state index contributed by atoms with van der Waals surface area (Å²) in [6.45, 7) is 6.48. The van der Waals surface area contributed by atoms with Crippen LogP contribution in [0, 0.1) is 5.41 Å². The fourth-order valence-corrected chi connectivity index (χ4v) is 2.12. The third-order valence-electron chi connectivity index (χ3n) is 2.27. The average Bonchev–Trinajstić information content (AvgIpc) is 2.55. The Balaban J connectivity index is 2.91. The number of hydrogen-bond acceptors (Lipinski definition) is 3. The van der Waals surface area contributed by atoms with Gasteiger partial charge in [-0.2, -0.15) is 0 Å². The van der Waals surface area contributed by atoms with Gasteiger partial charge in [0.05, 0.1) is 0 Å². The summed E-state index contributed by atoms with van der Waals surface area (Å²) in [6.07, 6.45) is 1.31. The largest absolute Gasteiger partial charge is 0.350 e. The Kier molecular flexibility index (Phi) is 4.12. The first-order valence-electron chi connectivity index (χ1n) is 5.40. The Morgan fingerprint density at radius 3 is 2.39 bits per heavy atom. The van der Waals surface area contributed by atoms with Crippen molar-refractivity contribution in [3.8, 4) is 0 Å². The van der Waals surface area contributed by atoms with Gasteiger partial charge in [0.15, 0.2) is 0 Å². The molecule has 0 aliphatic rings. The summed E-state index contributed by atoms with van der Waals surface area (Å²) in [5.74, 6) is -0.320. The van der Waals surface area contributed by atoms with Gasteiger partial charge in [-0.05, 0) is 11.5 Å². The third-order valence-corrected chi connectivity index (χ3v) is 3.59. The predicted octanol–water partition coefficient (Wildman–Crippen LogP) is 1.73. The summed E-state index contributed by atoms with van der Waals surface area (Å²) in [7, 11) is 3.01. The highest BCUT2D eigenvalue weighted by Crippen LogP contribution is 2.18. The first-order chi connectivity index (χ1) is 8.00. The van der Waals surface area contributed by atoms with Crippen LogP contribution in [0.5, 0.6) is 0 Å². The highest BCUT2D eigenvalue weighted by molar-refractivity contribution is 8.13. The molecule has 1 aromatic rings. The highest BCUT2D eigenvalue weighted by Gasteiger charge is 2.19. The van der Waals surface area contributed by atoms with E-state index in [4.69, 9.17) is 10.7 Å². The minimum atomic E-state index is -3.81. The van der Waals surface area contributed by atoms with Crippen molar-refractivity contribution >= 4 is 25.6 Å². The highest BCUT2D eigenvalue weighted by atomic mass is 35.7. The van der Waals surface area contributed by atoms with E-state index in [0.717, 1.165) is 0 Å². The van der Waals surface area contributed by atoms with Crippen LogP contribution >= 0.6 is 10.7 Å². The molecule has 0 fully saturated rings. The lowest BCUT2D eigenvalue weighted by atomic mass is 9.97. The first-order valence-corrected chi connectivity index (χ1v) is 7.71. The molecule has 0 atom stereocenters. The molecule has 0 spiro atoms. The fraction of sp³-hybridized carbons (Fsp3) is 0.545. The molecule has 0 saturated heterocycles. The number of nitrogens with zero attached hydrogens (tertiary/aromatic N) is 1. The zero-order chi connectivity index (χ0) is 14.1. The Morgan fingerprint density at radius 1 is 1.44 bits per heavy atom. The van der Waals surface area contributed by atoms with E-state index in [-0.39, 0.29) is 21.9 Å². The van der Waals surface area contributed by atoms with Gasteiger partial charge in [-0.25, -0.2) is 8.42 Å². The van der Waals surface area contributed by atoms with Gasteiger partial charge >= 0.3 is 0 Å². The average molecular weight is 293 g/mol. The van der Waals surface area contributed by atoms with Gasteiger partial charge in [0, 0.05) is 30.5 Å². The van der Waals surface area contributed by atoms with Crippen LogP contribution in [0.2, 0.25) is 0 Å². The number of carbonyl (C=O) groups excluding carboxylic acids is 1. The van der Waals surface area contributed by atoms with Gasteiger partial charge in [0.1, 0.15) is 10.6 Å². The monoisotopic (exact) mass is 292 g/mol. The van der Waals surface area contributed by atoms with Crippen molar-refractivity contribution < 1.29 is 13.2 Å². The maximum Gasteiger partial charge on any atom is 0.267 e. The molecular formula is C11H17ClN2O3S. The van der Waals surface area contributed by atoms with E-state index in [0.29, 0.717) is 6.54 Å². The van der Waals surface area contributed by atoms with E-state index in [1.807, 2.05) is 20.8 Å². The Labute approximate surface area is 112 Å². The summed E-state index contributed by atoms with van der Waals surface area (Å²) < 4.78 is 23.8. The Bertz CT molecular complexity index is 555. The van der Waals surface area contributed by atoms with Crippen LogP contribution in [0.15, 0.2) is 17.2 Å². The van der Waals surface area contributed by atoms with Crippen LogP contribution in [0.25, 0.3) is 0 Å². The fourth-order valence-electron chi connectivity index (χ4n) is 1.33. The molecule has 1 amide bonds. The first kappa shape index (κ1) is 15.0. The lowest BCUT2D eigenvalue weighted by molar-refractivity contribution is 0.0931. The van der Waals surface area contributed by atoms with Crippen LogP contribution in [0.3, 0.4) is 0 Å². The van der Waals surface area contributed by atoms with Gasteiger partial charge in [-0.15, -0.1) is 0 Å². The smallest absolute Gasteiger partial charge is 0.267 e. The molecule has 18 heavy (non-hydrogen) atoms. The molecule has 0 aliphatic heterocycles. The molecule has 5 nitrogen and oxygen atoms in total. The summed E-state index contributed by atoms with van der Waals surface area (Å²) in [5.41, 5.74) is 0.223. The second-order valence-corrected chi connectivity index (χ2v) is 7.92. The second-order valence-electron chi connectivity index (χ2n) is 5.35. The molecule has 1 N–H and O–H groups in total. The summed E-state index contributed by atoms with van der Waals surface area (Å²) in [5, 5.41) is 2.75. The Morgan fingerprint density at radius 2 is 2.00 bits per heavy atom. The third kappa shape index (κ3) is 4.03. The number of hydrogen-bond donors (Lipinski definition) is 1. The molecule has 0 unspecified atom stereocenters. The number of aryl methyl sites for hydroxylation is 1. The predicted molar refractivity (Wildman–Crippen MR) is 70.2 cm³/mol. The standard InChI is InChI=1S/C11H17ClN2O3S/c1-11(2,3)7-13-10(15)9-5-8(6-14(9)4)18(12,16)17/h5-6H,7H2,1-4H3,(H,13,15). The number of carbonyl (C=O) groups is 1. The SMILES string of the molecule is Cn1cc(S(=O)(=O)Cl)cc1C(=O)NCC(C)(C)C. The molecule has 1 heterocycles. The van der Waals surface area contributed by atoms with Crippen molar-refractivity contribution in [2.45, 2.75) is 25.7 Å². The van der Waals surface area contributed by atoms with Gasteiger partial charge in [-0.1, -0.05) is 20.8 Å². The molecule has 0 radical (unpaired) electrons. The van der Waals surface area contributed by atoms with Crippen LogP contribution in [-0.2, 0) is 16.1 Å². The van der Waals surface area contributed by atoms with Crippen LogP contribution in [-0.4, -0.2) is 25.4 Å². The summed E-state index contributed by atoms with van der Waals surface area (Å²) >= 11 is 0. The zero-order valence-corrected chi connectivity index (χ0v) is 12.4. The summed E-state index contributed by atoms with van der Waals surface area (Å²) in [4.78, 5) is 11.8. The van der Waals surface area contributed by atoms with E-state index in [1.54, 1.807) is 7.05 Å². The molecule has 7 heteroatoms. The van der Waals surface area contributed by atoms with Crippen LogP contribution < -0.4 is 5.32 Å². The van der Waals surface area contributed by atoms with E-state index >= 15 is 0 Å². The molecule has 102 valence electrons. The van der Waals surface area contributed by atoms with Crippen molar-refractivity contribution in [1.29, 1.82) is 0 Å². The van der Waals surface area contributed by atoms with E-state index in [1.165, 1.54) is 16.8 Å². The van der Waals surface area contributed by atoms with Crippen molar-refractivity contribution in [2.24, 2.45) is 12.5 Å². The van der Waals surface area contributed by atoms with E-state index in [9.17, 15) is 13.2 Å². The number of rotatable bonds is 3. The van der Waals surface area contributed by atoms with Gasteiger partial charge < -0.3 is 9.88 Å². The number of halogens is 1. The molecular weight excluding hydrogens is 276 g/mol. The maximum absolute atomic E-state index is 11.9. The normalized spacial score (nSPS) is 12.5. The number of nitrogens with one attached hydrogen (secondary N) is 1. The minimum Gasteiger partial charge on any atom is -0.350 e. The van der Waals surface area contributed by atoms with Crippen LogP contribution in [0.4, 0.5) is 0 Å².